The van der Waals surface area contributed by atoms with Gasteiger partial charge in [0.25, 0.3) is 0 Å². The Balaban J connectivity index is 2.38. The Labute approximate surface area is 70.7 Å². The molecule has 0 fully saturated rings. The summed E-state index contributed by atoms with van der Waals surface area (Å²) in [5.74, 6) is 0. The van der Waals surface area contributed by atoms with E-state index in [1.807, 2.05) is 6.08 Å². The van der Waals surface area contributed by atoms with Crippen LogP contribution in [0.4, 0.5) is 4.39 Å². The molecule has 3 heteroatoms. The third-order valence-electron chi connectivity index (χ3n) is 2.17. The Kier molecular flexibility index (Phi) is 1.71. The number of alkyl halides is 1. The van der Waals surface area contributed by atoms with Crippen LogP contribution in [0, 0.1) is 0 Å². The second kappa shape index (κ2) is 2.73. The molecule has 2 rings (SSSR count). The van der Waals surface area contributed by atoms with E-state index in [9.17, 15) is 4.39 Å². The number of allylic oxidation sites excluding steroid dienone is 4. The van der Waals surface area contributed by atoms with Crippen LogP contribution in [-0.4, -0.2) is 12.4 Å². The van der Waals surface area contributed by atoms with E-state index < -0.39 is 6.17 Å². The maximum absolute atomic E-state index is 13.3. The summed E-state index contributed by atoms with van der Waals surface area (Å²) in [5, 5.41) is 0. The van der Waals surface area contributed by atoms with Gasteiger partial charge in [0.2, 0.25) is 0 Å². The molecule has 2 nitrogen and oxygen atoms in total. The minimum Gasteiger partial charge on any atom is -0.402 e. The lowest BCUT2D eigenvalue weighted by atomic mass is 9.95. The molecule has 0 saturated carbocycles. The summed E-state index contributed by atoms with van der Waals surface area (Å²) in [6.07, 6.45) is 4.73. The highest BCUT2D eigenvalue weighted by Crippen LogP contribution is 2.30. The van der Waals surface area contributed by atoms with Crippen molar-refractivity contribution in [3.63, 3.8) is 0 Å². The van der Waals surface area contributed by atoms with Crippen LogP contribution in [0.3, 0.4) is 0 Å². The molecule has 1 heterocycles. The molecule has 1 atom stereocenters. The highest BCUT2D eigenvalue weighted by Gasteiger charge is 2.22. The Morgan fingerprint density at radius 1 is 1.58 bits per heavy atom. The van der Waals surface area contributed by atoms with E-state index in [-0.39, 0.29) is 0 Å². The van der Waals surface area contributed by atoms with Crippen molar-refractivity contribution in [2.45, 2.75) is 25.4 Å². The van der Waals surface area contributed by atoms with Crippen molar-refractivity contribution in [2.24, 2.45) is 10.7 Å². The highest BCUT2D eigenvalue weighted by molar-refractivity contribution is 5.63. The summed E-state index contributed by atoms with van der Waals surface area (Å²) < 4.78 is 13.3. The summed E-state index contributed by atoms with van der Waals surface area (Å²) in [7, 11) is 0. The molecule has 0 aromatic rings. The van der Waals surface area contributed by atoms with Crippen molar-refractivity contribution in [1.82, 2.24) is 0 Å². The van der Waals surface area contributed by atoms with Crippen molar-refractivity contribution in [1.29, 1.82) is 0 Å². The Morgan fingerprint density at radius 3 is 3.25 bits per heavy atom. The summed E-state index contributed by atoms with van der Waals surface area (Å²) >= 11 is 0. The monoisotopic (exact) mass is 166 g/mol. The van der Waals surface area contributed by atoms with Crippen LogP contribution in [0.25, 0.3) is 0 Å². The van der Waals surface area contributed by atoms with E-state index >= 15 is 0 Å². The van der Waals surface area contributed by atoms with Gasteiger partial charge < -0.3 is 5.73 Å². The first-order chi connectivity index (χ1) is 5.77. The zero-order valence-electron chi connectivity index (χ0n) is 6.76. The van der Waals surface area contributed by atoms with Gasteiger partial charge in [0, 0.05) is 18.3 Å². The smallest absolute Gasteiger partial charge is 0.148 e. The number of hydrogen-bond donors (Lipinski definition) is 1. The normalized spacial score (nSPS) is 28.4. The summed E-state index contributed by atoms with van der Waals surface area (Å²) in [6.45, 7) is 0. The van der Waals surface area contributed by atoms with Gasteiger partial charge in [-0.15, -0.1) is 0 Å². The van der Waals surface area contributed by atoms with Gasteiger partial charge in [0.15, 0.2) is 0 Å². The van der Waals surface area contributed by atoms with Crippen LogP contribution in [0.1, 0.15) is 19.3 Å². The van der Waals surface area contributed by atoms with Crippen LogP contribution >= 0.6 is 0 Å². The van der Waals surface area contributed by atoms with Gasteiger partial charge in [-0.1, -0.05) is 0 Å². The minimum atomic E-state index is -0.985. The summed E-state index contributed by atoms with van der Waals surface area (Å²) in [4.78, 5) is 4.05. The zero-order chi connectivity index (χ0) is 8.55. The second-order valence-electron chi connectivity index (χ2n) is 3.15. The lowest BCUT2D eigenvalue weighted by molar-refractivity contribution is 0.368. The van der Waals surface area contributed by atoms with Crippen molar-refractivity contribution >= 4 is 6.21 Å². The highest BCUT2D eigenvalue weighted by atomic mass is 19.1. The molecule has 1 unspecified atom stereocenters. The molecule has 0 spiro atoms. The minimum absolute atomic E-state index is 0.302. The SMILES string of the molecule is NC1=CC2=C(N=CCC2)C(F)C1. The van der Waals surface area contributed by atoms with E-state index in [0.29, 0.717) is 17.8 Å². The molecular weight excluding hydrogens is 155 g/mol. The summed E-state index contributed by atoms with van der Waals surface area (Å²) in [6, 6.07) is 0. The standard InChI is InChI=1S/C9H11FN2/c10-8-5-7(11)4-6-2-1-3-12-9(6)8/h3-4,8H,1-2,5,11H2. The fourth-order valence-electron chi connectivity index (χ4n) is 1.61. The Bertz CT molecular complexity index is 289. The van der Waals surface area contributed by atoms with Gasteiger partial charge >= 0.3 is 0 Å². The molecule has 64 valence electrons. The number of hydrogen-bond acceptors (Lipinski definition) is 2. The molecular formula is C9H11FN2. The van der Waals surface area contributed by atoms with E-state index in [0.717, 1.165) is 18.4 Å². The van der Waals surface area contributed by atoms with Crippen molar-refractivity contribution in [3.05, 3.63) is 23.0 Å². The molecule has 2 aliphatic rings. The quantitative estimate of drug-likeness (QED) is 0.584. The van der Waals surface area contributed by atoms with Crippen LogP contribution in [0.5, 0.6) is 0 Å². The van der Waals surface area contributed by atoms with Crippen LogP contribution in [0.2, 0.25) is 0 Å². The predicted octanol–water partition coefficient (Wildman–Crippen LogP) is 1.69. The van der Waals surface area contributed by atoms with Gasteiger partial charge in [0.1, 0.15) is 6.17 Å². The van der Waals surface area contributed by atoms with Crippen molar-refractivity contribution in [2.75, 3.05) is 0 Å². The maximum Gasteiger partial charge on any atom is 0.148 e. The lowest BCUT2D eigenvalue weighted by Gasteiger charge is -2.21. The van der Waals surface area contributed by atoms with E-state index in [4.69, 9.17) is 5.73 Å². The average molecular weight is 166 g/mol. The van der Waals surface area contributed by atoms with Gasteiger partial charge in [-0.3, -0.25) is 4.99 Å². The van der Waals surface area contributed by atoms with Gasteiger partial charge in [-0.05, 0) is 24.5 Å². The first-order valence-corrected chi connectivity index (χ1v) is 4.13. The van der Waals surface area contributed by atoms with E-state index in [2.05, 4.69) is 4.99 Å². The number of aliphatic imine (C=N–C) groups is 1. The Hall–Kier alpha value is -1.12. The van der Waals surface area contributed by atoms with Crippen LogP contribution in [0.15, 0.2) is 28.0 Å². The average Bonchev–Trinajstić information content (AvgIpc) is 2.04. The van der Waals surface area contributed by atoms with Crippen molar-refractivity contribution in [3.8, 4) is 0 Å². The zero-order valence-corrected chi connectivity index (χ0v) is 6.76. The molecule has 0 amide bonds. The fraction of sp³-hybridized carbons (Fsp3) is 0.444. The third-order valence-corrected chi connectivity index (χ3v) is 2.17. The first-order valence-electron chi connectivity index (χ1n) is 4.13. The topological polar surface area (TPSA) is 38.4 Å². The second-order valence-corrected chi connectivity index (χ2v) is 3.15. The lowest BCUT2D eigenvalue weighted by Crippen LogP contribution is -2.17. The number of nitrogens with two attached hydrogens (primary N) is 1. The first kappa shape index (κ1) is 7.53. The molecule has 0 saturated heterocycles. The molecule has 0 aromatic heterocycles. The third kappa shape index (κ3) is 1.15. The predicted molar refractivity (Wildman–Crippen MR) is 46.5 cm³/mol. The van der Waals surface area contributed by atoms with Crippen LogP contribution in [-0.2, 0) is 0 Å². The molecule has 0 radical (unpaired) electrons. The molecule has 1 aliphatic heterocycles. The molecule has 1 aliphatic carbocycles. The summed E-state index contributed by atoms with van der Waals surface area (Å²) in [5.41, 5.74) is 7.78. The molecule has 2 N–H and O–H groups in total. The van der Waals surface area contributed by atoms with Crippen molar-refractivity contribution < 1.29 is 4.39 Å². The van der Waals surface area contributed by atoms with E-state index in [1.54, 1.807) is 6.21 Å². The number of halogens is 1. The maximum atomic E-state index is 13.3. The van der Waals surface area contributed by atoms with E-state index in [1.165, 1.54) is 0 Å². The van der Waals surface area contributed by atoms with Gasteiger partial charge in [0.05, 0.1) is 5.70 Å². The largest absolute Gasteiger partial charge is 0.402 e. The van der Waals surface area contributed by atoms with Gasteiger partial charge in [-0.2, -0.15) is 0 Å². The Morgan fingerprint density at radius 2 is 2.42 bits per heavy atom. The van der Waals surface area contributed by atoms with Gasteiger partial charge in [-0.25, -0.2) is 4.39 Å². The molecule has 12 heavy (non-hydrogen) atoms. The van der Waals surface area contributed by atoms with Crippen LogP contribution < -0.4 is 5.73 Å². The number of rotatable bonds is 0. The fourth-order valence-corrected chi connectivity index (χ4v) is 1.61. The number of nitrogens with zero attached hydrogens (tertiary/aromatic N) is 1. The molecule has 0 bridgehead atoms. The molecule has 0 aromatic carbocycles.